The molecule has 0 fully saturated rings. The van der Waals surface area contributed by atoms with Crippen molar-refractivity contribution in [3.05, 3.63) is 64.7 Å². The molecule has 142 valence electrons. The highest BCUT2D eigenvalue weighted by atomic mass is 16.4. The maximum atomic E-state index is 12.2. The Morgan fingerprint density at radius 1 is 1.04 bits per heavy atom. The normalized spacial score (nSPS) is 11.2. The Bertz CT molecular complexity index is 1280. The molecule has 4 aromatic rings. The van der Waals surface area contributed by atoms with Gasteiger partial charge in [0, 0.05) is 25.2 Å². The van der Waals surface area contributed by atoms with Crippen molar-refractivity contribution < 1.29 is 9.90 Å². The van der Waals surface area contributed by atoms with Crippen LogP contribution in [0.25, 0.3) is 33.4 Å². The number of benzene rings is 2. The molecule has 0 aliphatic rings. The summed E-state index contributed by atoms with van der Waals surface area (Å²) < 4.78 is 4.71. The van der Waals surface area contributed by atoms with E-state index in [4.69, 9.17) is 0 Å². The van der Waals surface area contributed by atoms with E-state index in [-0.39, 0.29) is 12.2 Å². The van der Waals surface area contributed by atoms with E-state index in [1.807, 2.05) is 49.4 Å². The third-order valence-electron chi connectivity index (χ3n) is 5.00. The molecule has 0 unspecified atom stereocenters. The van der Waals surface area contributed by atoms with E-state index in [2.05, 4.69) is 5.10 Å². The lowest BCUT2D eigenvalue weighted by atomic mass is 10.00. The molecule has 4 rings (SSSR count). The fourth-order valence-corrected chi connectivity index (χ4v) is 3.62. The van der Waals surface area contributed by atoms with Crippen LogP contribution in [0, 0.1) is 6.92 Å². The highest BCUT2D eigenvalue weighted by Crippen LogP contribution is 2.34. The lowest BCUT2D eigenvalue weighted by Gasteiger charge is -2.10. The quantitative estimate of drug-likeness (QED) is 0.594. The van der Waals surface area contributed by atoms with Gasteiger partial charge in [-0.05, 0) is 30.7 Å². The van der Waals surface area contributed by atoms with Crippen LogP contribution in [0.15, 0.2) is 53.5 Å². The second-order valence-corrected chi connectivity index (χ2v) is 6.93. The topological polar surface area (TPSA) is 82.0 Å². The van der Waals surface area contributed by atoms with Gasteiger partial charge >= 0.3 is 11.7 Å². The Morgan fingerprint density at radius 3 is 2.50 bits per heavy atom. The summed E-state index contributed by atoms with van der Waals surface area (Å²) in [6.45, 7) is 1.77. The lowest BCUT2D eigenvalue weighted by molar-refractivity contribution is -0.137. The molecule has 2 aromatic heterocycles. The third-order valence-corrected chi connectivity index (χ3v) is 5.00. The number of carbonyl (C=O) groups is 1. The Balaban J connectivity index is 1.96. The molecule has 0 saturated carbocycles. The van der Waals surface area contributed by atoms with Crippen molar-refractivity contribution in [3.8, 4) is 22.4 Å². The summed E-state index contributed by atoms with van der Waals surface area (Å²) >= 11 is 0. The number of carboxylic acid groups (broad SMARTS) is 1. The smallest absolute Gasteiger partial charge is 0.328 e. The number of aromatic nitrogens is 4. The van der Waals surface area contributed by atoms with E-state index in [0.29, 0.717) is 0 Å². The molecule has 2 aromatic carbocycles. The van der Waals surface area contributed by atoms with E-state index in [9.17, 15) is 14.7 Å². The molecule has 0 atom stereocenters. The van der Waals surface area contributed by atoms with Gasteiger partial charge in [-0.2, -0.15) is 5.10 Å². The molecule has 0 aliphatic heterocycles. The molecule has 0 spiro atoms. The average Bonchev–Trinajstić information content (AvgIpc) is 3.16. The molecule has 2 heterocycles. The van der Waals surface area contributed by atoms with Crippen LogP contribution < -0.4 is 5.69 Å². The van der Waals surface area contributed by atoms with E-state index in [1.54, 1.807) is 29.4 Å². The molecule has 0 bridgehead atoms. The second-order valence-electron chi connectivity index (χ2n) is 6.93. The van der Waals surface area contributed by atoms with Gasteiger partial charge in [-0.15, -0.1) is 0 Å². The van der Waals surface area contributed by atoms with Crippen molar-refractivity contribution in [2.75, 3.05) is 0 Å². The van der Waals surface area contributed by atoms with Gasteiger partial charge in [0.2, 0.25) is 0 Å². The highest BCUT2D eigenvalue weighted by Gasteiger charge is 2.18. The molecule has 0 radical (unpaired) electrons. The molecule has 1 N–H and O–H groups in total. The number of fused-ring (bicyclic) bond motifs is 1. The Labute approximate surface area is 161 Å². The summed E-state index contributed by atoms with van der Waals surface area (Å²) in [6, 6.07) is 13.7. The zero-order chi connectivity index (χ0) is 20.0. The first-order chi connectivity index (χ1) is 13.4. The summed E-state index contributed by atoms with van der Waals surface area (Å²) in [5.41, 5.74) is 5.98. The first-order valence-corrected chi connectivity index (χ1v) is 8.87. The fraction of sp³-hybridized carbons (Fsp3) is 0.190. The van der Waals surface area contributed by atoms with Gasteiger partial charge in [0.1, 0.15) is 6.54 Å². The predicted octanol–water partition coefficient (Wildman–Crippen LogP) is 2.80. The average molecular weight is 376 g/mol. The number of imidazole rings is 1. The number of rotatable bonds is 4. The Morgan fingerprint density at radius 2 is 1.79 bits per heavy atom. The molecule has 7 heteroatoms. The van der Waals surface area contributed by atoms with Crippen LogP contribution in [0.5, 0.6) is 0 Å². The van der Waals surface area contributed by atoms with E-state index >= 15 is 0 Å². The van der Waals surface area contributed by atoms with Crippen molar-refractivity contribution in [2.45, 2.75) is 13.5 Å². The van der Waals surface area contributed by atoms with Crippen LogP contribution in [-0.2, 0) is 25.4 Å². The van der Waals surface area contributed by atoms with Crippen molar-refractivity contribution in [3.63, 3.8) is 0 Å². The van der Waals surface area contributed by atoms with Gasteiger partial charge in [-0.1, -0.05) is 29.8 Å². The maximum Gasteiger partial charge on any atom is 0.328 e. The molecule has 28 heavy (non-hydrogen) atoms. The number of aliphatic carboxylic acids is 1. The standard InChI is InChI=1S/C21H20N4O3/c1-13-5-4-6-15(9-13)20-16(11-22-25(20)12-19(26)27)14-7-8-17-18(10-14)24(3)21(28)23(17)2/h4-11H,12H2,1-3H3,(H,26,27). The molecule has 0 saturated heterocycles. The van der Waals surface area contributed by atoms with Crippen molar-refractivity contribution >= 4 is 17.0 Å². The van der Waals surface area contributed by atoms with Crippen LogP contribution in [-0.4, -0.2) is 30.0 Å². The number of hydrogen-bond donors (Lipinski definition) is 1. The maximum absolute atomic E-state index is 12.2. The molecule has 0 amide bonds. The van der Waals surface area contributed by atoms with Crippen molar-refractivity contribution in [1.29, 1.82) is 0 Å². The Hall–Kier alpha value is -3.61. The van der Waals surface area contributed by atoms with Gasteiger partial charge in [-0.25, -0.2) is 4.79 Å². The summed E-state index contributed by atoms with van der Waals surface area (Å²) in [7, 11) is 3.48. The molecular formula is C21H20N4O3. The van der Waals surface area contributed by atoms with Crippen LogP contribution in [0.4, 0.5) is 0 Å². The first-order valence-electron chi connectivity index (χ1n) is 8.87. The lowest BCUT2D eigenvalue weighted by Crippen LogP contribution is -2.19. The largest absolute Gasteiger partial charge is 0.480 e. The monoisotopic (exact) mass is 376 g/mol. The van der Waals surface area contributed by atoms with Crippen LogP contribution in [0.1, 0.15) is 5.56 Å². The summed E-state index contributed by atoms with van der Waals surface area (Å²) in [5, 5.41) is 13.6. The van der Waals surface area contributed by atoms with Crippen LogP contribution >= 0.6 is 0 Å². The molecular weight excluding hydrogens is 356 g/mol. The van der Waals surface area contributed by atoms with E-state index in [0.717, 1.165) is 39.0 Å². The number of aryl methyl sites for hydroxylation is 3. The van der Waals surface area contributed by atoms with Gasteiger partial charge in [-0.3, -0.25) is 18.6 Å². The molecule has 0 aliphatic carbocycles. The SMILES string of the molecule is Cc1cccc(-c2c(-c3ccc4c(c3)n(C)c(=O)n4C)cnn2CC(=O)O)c1. The van der Waals surface area contributed by atoms with E-state index in [1.165, 1.54) is 4.68 Å². The second kappa shape index (κ2) is 6.53. The van der Waals surface area contributed by atoms with E-state index < -0.39 is 5.97 Å². The minimum absolute atomic E-state index is 0.0902. The summed E-state index contributed by atoms with van der Waals surface area (Å²) in [4.78, 5) is 23.6. The van der Waals surface area contributed by atoms with Crippen LogP contribution in [0.3, 0.4) is 0 Å². The summed E-state index contributed by atoms with van der Waals surface area (Å²) in [6.07, 6.45) is 1.68. The fourth-order valence-electron chi connectivity index (χ4n) is 3.62. The van der Waals surface area contributed by atoms with Crippen molar-refractivity contribution in [2.24, 2.45) is 14.1 Å². The zero-order valence-electron chi connectivity index (χ0n) is 15.9. The third kappa shape index (κ3) is 2.81. The van der Waals surface area contributed by atoms with Gasteiger partial charge in [0.25, 0.3) is 0 Å². The minimum atomic E-state index is -0.954. The Kier molecular flexibility index (Phi) is 4.15. The van der Waals surface area contributed by atoms with Gasteiger partial charge in [0.15, 0.2) is 0 Å². The summed E-state index contributed by atoms with van der Waals surface area (Å²) in [5.74, 6) is -0.954. The van der Waals surface area contributed by atoms with Gasteiger partial charge < -0.3 is 5.11 Å². The van der Waals surface area contributed by atoms with Crippen molar-refractivity contribution in [1.82, 2.24) is 18.9 Å². The number of carboxylic acids is 1. The first kappa shape index (κ1) is 17.8. The number of nitrogens with zero attached hydrogens (tertiary/aromatic N) is 4. The highest BCUT2D eigenvalue weighted by molar-refractivity contribution is 5.88. The molecule has 7 nitrogen and oxygen atoms in total. The predicted molar refractivity (Wildman–Crippen MR) is 107 cm³/mol. The van der Waals surface area contributed by atoms with Gasteiger partial charge in [0.05, 0.1) is 22.9 Å². The zero-order valence-corrected chi connectivity index (χ0v) is 15.9. The van der Waals surface area contributed by atoms with Crippen LogP contribution in [0.2, 0.25) is 0 Å². The number of hydrogen-bond acceptors (Lipinski definition) is 3. The minimum Gasteiger partial charge on any atom is -0.480 e.